The highest BCUT2D eigenvalue weighted by Crippen LogP contribution is 2.19. The van der Waals surface area contributed by atoms with Crippen molar-refractivity contribution in [2.45, 2.75) is 38.6 Å². The summed E-state index contributed by atoms with van der Waals surface area (Å²) in [5, 5.41) is 0. The summed E-state index contributed by atoms with van der Waals surface area (Å²) in [5.41, 5.74) is 8.61. The van der Waals surface area contributed by atoms with Crippen LogP contribution in [0.5, 0.6) is 0 Å². The topological polar surface area (TPSA) is 38.4 Å². The predicted molar refractivity (Wildman–Crippen MR) is 74.0 cm³/mol. The molecule has 0 amide bonds. The third-order valence-corrected chi connectivity index (χ3v) is 3.26. The third-order valence-electron chi connectivity index (χ3n) is 3.26. The van der Waals surface area contributed by atoms with E-state index in [2.05, 4.69) is 48.4 Å². The van der Waals surface area contributed by atoms with Gasteiger partial charge in [-0.05, 0) is 43.8 Å². The fourth-order valence-corrected chi connectivity index (χ4v) is 2.16. The molecule has 0 saturated carbocycles. The molecule has 90 valence electrons. The van der Waals surface area contributed by atoms with Crippen molar-refractivity contribution in [3.63, 3.8) is 0 Å². The van der Waals surface area contributed by atoms with Crippen LogP contribution in [0.3, 0.4) is 0 Å². The van der Waals surface area contributed by atoms with E-state index in [1.807, 2.05) is 0 Å². The molecule has 2 N–H and O–H groups in total. The van der Waals surface area contributed by atoms with Gasteiger partial charge in [0.05, 0.1) is 6.04 Å². The van der Waals surface area contributed by atoms with Crippen molar-refractivity contribution in [2.24, 2.45) is 10.7 Å². The number of nitrogens with two attached hydrogens (primary N) is 1. The van der Waals surface area contributed by atoms with Crippen LogP contribution in [-0.2, 0) is 0 Å². The van der Waals surface area contributed by atoms with Crippen LogP contribution in [-0.4, -0.2) is 11.9 Å². The van der Waals surface area contributed by atoms with Gasteiger partial charge < -0.3 is 5.73 Å². The molecular weight excluding hydrogens is 208 g/mol. The minimum atomic E-state index is 0.201. The second-order valence-electron chi connectivity index (χ2n) is 4.56. The lowest BCUT2D eigenvalue weighted by molar-refractivity contribution is 0.780. The summed E-state index contributed by atoms with van der Waals surface area (Å²) in [6.07, 6.45) is 17.1. The maximum atomic E-state index is 6.06. The Kier molecular flexibility index (Phi) is 3.97. The molecule has 0 aromatic heterocycles. The zero-order valence-electron chi connectivity index (χ0n) is 10.4. The van der Waals surface area contributed by atoms with Gasteiger partial charge in [-0.25, -0.2) is 0 Å². The fourth-order valence-electron chi connectivity index (χ4n) is 2.16. The van der Waals surface area contributed by atoms with E-state index in [0.717, 1.165) is 25.7 Å². The first kappa shape index (κ1) is 11.9. The zero-order chi connectivity index (χ0) is 12.1. The van der Waals surface area contributed by atoms with Gasteiger partial charge in [-0.15, -0.1) is 0 Å². The Morgan fingerprint density at radius 2 is 1.88 bits per heavy atom. The molecule has 0 heterocycles. The van der Waals surface area contributed by atoms with E-state index in [4.69, 9.17) is 5.73 Å². The number of aliphatic imine (C=N–C) groups is 1. The summed E-state index contributed by atoms with van der Waals surface area (Å²) in [4.78, 5) is 4.61. The molecule has 0 spiro atoms. The van der Waals surface area contributed by atoms with E-state index in [9.17, 15) is 0 Å². The van der Waals surface area contributed by atoms with Crippen LogP contribution >= 0.6 is 0 Å². The first-order valence-corrected chi connectivity index (χ1v) is 6.32. The van der Waals surface area contributed by atoms with Gasteiger partial charge in [0.1, 0.15) is 5.84 Å². The predicted octanol–water partition coefficient (Wildman–Crippen LogP) is 3.28. The molecule has 0 aromatic carbocycles. The SMILES string of the molecule is CC(N=C(N)C1=CC=CCC1)C1=CC=CCC1. The Bertz CT molecular complexity index is 422. The van der Waals surface area contributed by atoms with Crippen LogP contribution in [0.15, 0.2) is 52.6 Å². The molecule has 0 aliphatic heterocycles. The highest BCUT2D eigenvalue weighted by molar-refractivity contribution is 5.97. The third kappa shape index (κ3) is 3.19. The average molecular weight is 228 g/mol. The normalized spacial score (nSPS) is 22.1. The van der Waals surface area contributed by atoms with Crippen LogP contribution in [0.4, 0.5) is 0 Å². The van der Waals surface area contributed by atoms with E-state index in [1.165, 1.54) is 11.1 Å². The molecule has 1 unspecified atom stereocenters. The number of nitrogens with zero attached hydrogens (tertiary/aromatic N) is 1. The second kappa shape index (κ2) is 5.67. The summed E-state index contributed by atoms with van der Waals surface area (Å²) in [7, 11) is 0. The van der Waals surface area contributed by atoms with Gasteiger partial charge in [0, 0.05) is 0 Å². The smallest absolute Gasteiger partial charge is 0.122 e. The summed E-state index contributed by atoms with van der Waals surface area (Å²) in [6, 6.07) is 0.201. The molecule has 0 bridgehead atoms. The standard InChI is InChI=1S/C15H20N2/c1-12(13-8-4-2-5-9-13)17-15(16)14-10-6-3-7-11-14/h2-4,6,8,10,12H,5,7,9,11H2,1H3,(H2,16,17). The number of hydrogen-bond acceptors (Lipinski definition) is 1. The minimum absolute atomic E-state index is 0.201. The first-order valence-electron chi connectivity index (χ1n) is 6.32. The molecule has 2 rings (SSSR count). The van der Waals surface area contributed by atoms with Gasteiger partial charge in [0.2, 0.25) is 0 Å². The molecule has 1 atom stereocenters. The average Bonchev–Trinajstić information content (AvgIpc) is 2.40. The van der Waals surface area contributed by atoms with Gasteiger partial charge in [0.15, 0.2) is 0 Å². The molecule has 0 saturated heterocycles. The monoisotopic (exact) mass is 228 g/mol. The molecule has 2 heteroatoms. The molecule has 0 radical (unpaired) electrons. The van der Waals surface area contributed by atoms with E-state index >= 15 is 0 Å². The Labute approximate surface area is 103 Å². The van der Waals surface area contributed by atoms with Gasteiger partial charge in [-0.2, -0.15) is 0 Å². The van der Waals surface area contributed by atoms with Crippen molar-refractivity contribution in [3.05, 3.63) is 47.6 Å². The van der Waals surface area contributed by atoms with Crippen LogP contribution in [0.1, 0.15) is 32.6 Å². The van der Waals surface area contributed by atoms with Crippen molar-refractivity contribution < 1.29 is 0 Å². The van der Waals surface area contributed by atoms with Gasteiger partial charge in [-0.3, -0.25) is 4.99 Å². The van der Waals surface area contributed by atoms with Crippen molar-refractivity contribution in [1.82, 2.24) is 0 Å². The Morgan fingerprint density at radius 1 is 1.18 bits per heavy atom. The van der Waals surface area contributed by atoms with Gasteiger partial charge in [-0.1, -0.05) is 36.5 Å². The quantitative estimate of drug-likeness (QED) is 0.584. The van der Waals surface area contributed by atoms with E-state index in [0.29, 0.717) is 5.84 Å². The summed E-state index contributed by atoms with van der Waals surface area (Å²) >= 11 is 0. The van der Waals surface area contributed by atoms with Crippen LogP contribution in [0.25, 0.3) is 0 Å². The Morgan fingerprint density at radius 3 is 2.47 bits per heavy atom. The lowest BCUT2D eigenvalue weighted by Gasteiger charge is -2.16. The van der Waals surface area contributed by atoms with E-state index in [-0.39, 0.29) is 6.04 Å². The number of allylic oxidation sites excluding steroid dienone is 6. The molecular formula is C15H20N2. The summed E-state index contributed by atoms with van der Waals surface area (Å²) < 4.78 is 0. The van der Waals surface area contributed by atoms with Gasteiger partial charge >= 0.3 is 0 Å². The van der Waals surface area contributed by atoms with E-state index in [1.54, 1.807) is 0 Å². The van der Waals surface area contributed by atoms with Crippen molar-refractivity contribution in [2.75, 3.05) is 0 Å². The maximum absolute atomic E-state index is 6.06. The molecule has 0 aromatic rings. The number of rotatable bonds is 3. The Balaban J connectivity index is 2.07. The minimum Gasteiger partial charge on any atom is -0.384 e. The number of hydrogen-bond donors (Lipinski definition) is 1. The second-order valence-corrected chi connectivity index (χ2v) is 4.56. The summed E-state index contributed by atoms with van der Waals surface area (Å²) in [6.45, 7) is 2.12. The number of amidine groups is 1. The first-order chi connectivity index (χ1) is 8.27. The summed E-state index contributed by atoms with van der Waals surface area (Å²) in [5.74, 6) is 0.706. The van der Waals surface area contributed by atoms with Crippen molar-refractivity contribution >= 4 is 5.84 Å². The molecule has 2 aliphatic carbocycles. The highest BCUT2D eigenvalue weighted by Gasteiger charge is 2.11. The molecule has 17 heavy (non-hydrogen) atoms. The lowest BCUT2D eigenvalue weighted by Crippen LogP contribution is -2.19. The van der Waals surface area contributed by atoms with Crippen molar-refractivity contribution in [3.8, 4) is 0 Å². The molecule has 2 nitrogen and oxygen atoms in total. The van der Waals surface area contributed by atoms with Crippen LogP contribution in [0, 0.1) is 0 Å². The zero-order valence-corrected chi connectivity index (χ0v) is 10.4. The molecule has 2 aliphatic rings. The highest BCUT2D eigenvalue weighted by atomic mass is 14.9. The Hall–Kier alpha value is -1.57. The van der Waals surface area contributed by atoms with Crippen molar-refractivity contribution in [1.29, 1.82) is 0 Å². The fraction of sp³-hybridized carbons (Fsp3) is 0.400. The molecule has 0 fully saturated rings. The van der Waals surface area contributed by atoms with Crippen LogP contribution in [0.2, 0.25) is 0 Å². The van der Waals surface area contributed by atoms with E-state index < -0.39 is 0 Å². The van der Waals surface area contributed by atoms with Crippen LogP contribution < -0.4 is 5.73 Å². The largest absolute Gasteiger partial charge is 0.384 e. The lowest BCUT2D eigenvalue weighted by atomic mass is 9.99. The maximum Gasteiger partial charge on any atom is 0.122 e. The van der Waals surface area contributed by atoms with Gasteiger partial charge in [0.25, 0.3) is 0 Å².